The van der Waals surface area contributed by atoms with Crippen molar-refractivity contribution in [1.29, 1.82) is 0 Å². The van der Waals surface area contributed by atoms with Crippen molar-refractivity contribution in [3.05, 3.63) is 77.4 Å². The van der Waals surface area contributed by atoms with E-state index < -0.39 is 36.7 Å². The van der Waals surface area contributed by atoms with Crippen molar-refractivity contribution in [2.45, 2.75) is 38.4 Å². The van der Waals surface area contributed by atoms with Gasteiger partial charge >= 0.3 is 0 Å². The molecule has 1 saturated heterocycles. The zero-order valence-electron chi connectivity index (χ0n) is 17.4. The molecule has 1 unspecified atom stereocenters. The first kappa shape index (κ1) is 21.5. The molecular weight excluding hydrogens is 418 g/mol. The van der Waals surface area contributed by atoms with E-state index in [1.165, 1.54) is 23.1 Å². The highest BCUT2D eigenvalue weighted by Crippen LogP contribution is 2.33. The number of nitrogens with one attached hydrogen (secondary N) is 1. The number of hydrogen-bond acceptors (Lipinski definition) is 5. The highest BCUT2D eigenvalue weighted by atomic mass is 19.3. The van der Waals surface area contributed by atoms with Crippen molar-refractivity contribution in [3.8, 4) is 0 Å². The Kier molecular flexibility index (Phi) is 5.93. The maximum absolute atomic E-state index is 14.2. The van der Waals surface area contributed by atoms with Crippen LogP contribution >= 0.6 is 0 Å². The van der Waals surface area contributed by atoms with Gasteiger partial charge < -0.3 is 10.2 Å². The van der Waals surface area contributed by atoms with Gasteiger partial charge in [-0.3, -0.25) is 14.6 Å². The lowest BCUT2D eigenvalue weighted by Crippen LogP contribution is -2.38. The Balaban J connectivity index is 1.43. The molecule has 2 amide bonds. The van der Waals surface area contributed by atoms with Gasteiger partial charge in [0.1, 0.15) is 0 Å². The van der Waals surface area contributed by atoms with Crippen molar-refractivity contribution in [2.75, 3.05) is 6.54 Å². The Morgan fingerprint density at radius 1 is 1.22 bits per heavy atom. The first-order valence-electron chi connectivity index (χ1n) is 10.1. The van der Waals surface area contributed by atoms with Gasteiger partial charge in [0.2, 0.25) is 0 Å². The highest BCUT2D eigenvalue weighted by molar-refractivity contribution is 5.94. The summed E-state index contributed by atoms with van der Waals surface area (Å²) in [6.45, 7) is 1.39. The number of benzene rings is 1. The maximum atomic E-state index is 14.2. The van der Waals surface area contributed by atoms with Crippen molar-refractivity contribution in [1.82, 2.24) is 30.2 Å². The molecule has 0 saturated carbocycles. The second-order valence-electron chi connectivity index (χ2n) is 7.83. The second-order valence-corrected chi connectivity index (χ2v) is 7.83. The summed E-state index contributed by atoms with van der Waals surface area (Å²) in [5, 5.41) is 10.5. The van der Waals surface area contributed by atoms with Crippen LogP contribution in [-0.4, -0.2) is 55.2 Å². The molecule has 3 heterocycles. The molecule has 1 atom stereocenters. The average molecular weight is 440 g/mol. The monoisotopic (exact) mass is 440 g/mol. The number of pyridine rings is 1. The standard InChI is InChI=1S/C22H22F2N6O2/c1-15-9-17(7-8-25-15)21(32)30-14-22(23,24)10-18(30)12-29-13-19(27-28-29)20(31)26-11-16-5-3-2-4-6-16/h2-9,13,18H,10-12,14H2,1H3,(H,26,31). The number of halogens is 2. The van der Waals surface area contributed by atoms with E-state index in [2.05, 4.69) is 20.6 Å². The predicted octanol–water partition coefficient (Wildman–Crippen LogP) is 2.46. The van der Waals surface area contributed by atoms with Crippen LogP contribution in [0.2, 0.25) is 0 Å². The molecule has 1 N–H and O–H groups in total. The lowest BCUT2D eigenvalue weighted by molar-refractivity contribution is 0.0117. The van der Waals surface area contributed by atoms with E-state index in [0.717, 1.165) is 10.5 Å². The number of aryl methyl sites for hydroxylation is 1. The minimum atomic E-state index is -3.00. The number of likely N-dealkylation sites (tertiary alicyclic amines) is 1. The molecular formula is C22H22F2N6O2. The average Bonchev–Trinajstić information content (AvgIpc) is 3.36. The molecule has 2 aromatic heterocycles. The molecule has 8 nitrogen and oxygen atoms in total. The predicted molar refractivity (Wildman–Crippen MR) is 111 cm³/mol. The summed E-state index contributed by atoms with van der Waals surface area (Å²) in [6.07, 6.45) is 2.39. The lowest BCUT2D eigenvalue weighted by atomic mass is 10.1. The van der Waals surface area contributed by atoms with Gasteiger partial charge in [-0.05, 0) is 24.6 Å². The van der Waals surface area contributed by atoms with Gasteiger partial charge in [-0.2, -0.15) is 0 Å². The van der Waals surface area contributed by atoms with Crippen molar-refractivity contribution in [2.24, 2.45) is 0 Å². The van der Waals surface area contributed by atoms with Gasteiger partial charge in [0.05, 0.1) is 25.3 Å². The Bertz CT molecular complexity index is 1120. The molecule has 1 fully saturated rings. The fourth-order valence-corrected chi connectivity index (χ4v) is 3.72. The van der Waals surface area contributed by atoms with Crippen molar-refractivity contribution >= 4 is 11.8 Å². The van der Waals surface area contributed by atoms with Crippen LogP contribution in [0.5, 0.6) is 0 Å². The summed E-state index contributed by atoms with van der Waals surface area (Å²) >= 11 is 0. The number of amides is 2. The normalized spacial score (nSPS) is 17.3. The summed E-state index contributed by atoms with van der Waals surface area (Å²) in [4.78, 5) is 30.4. The Morgan fingerprint density at radius 3 is 2.75 bits per heavy atom. The molecule has 166 valence electrons. The summed E-state index contributed by atoms with van der Waals surface area (Å²) < 4.78 is 29.7. The minimum absolute atomic E-state index is 0.00433. The number of hydrogen-bond donors (Lipinski definition) is 1. The van der Waals surface area contributed by atoms with E-state index in [-0.39, 0.29) is 12.2 Å². The van der Waals surface area contributed by atoms with Crippen molar-refractivity contribution < 1.29 is 18.4 Å². The van der Waals surface area contributed by atoms with Gasteiger partial charge in [-0.25, -0.2) is 13.5 Å². The fraction of sp³-hybridized carbons (Fsp3) is 0.318. The van der Waals surface area contributed by atoms with Crippen LogP contribution in [0.1, 0.15) is 38.5 Å². The van der Waals surface area contributed by atoms with Gasteiger partial charge in [-0.15, -0.1) is 5.10 Å². The number of rotatable bonds is 6. The summed E-state index contributed by atoms with van der Waals surface area (Å²) in [5.41, 5.74) is 1.94. The van der Waals surface area contributed by atoms with E-state index in [1.807, 2.05) is 30.3 Å². The maximum Gasteiger partial charge on any atom is 0.273 e. The third kappa shape index (κ3) is 4.96. The van der Waals surface area contributed by atoms with E-state index >= 15 is 0 Å². The lowest BCUT2D eigenvalue weighted by Gasteiger charge is -2.23. The molecule has 10 heteroatoms. The summed E-state index contributed by atoms with van der Waals surface area (Å²) in [6, 6.07) is 11.7. The molecule has 1 aromatic carbocycles. The first-order valence-corrected chi connectivity index (χ1v) is 10.1. The third-order valence-corrected chi connectivity index (χ3v) is 5.25. The van der Waals surface area contributed by atoms with Crippen LogP contribution in [0.15, 0.2) is 54.9 Å². The van der Waals surface area contributed by atoms with E-state index in [4.69, 9.17) is 0 Å². The van der Waals surface area contributed by atoms with Crippen LogP contribution in [0.25, 0.3) is 0 Å². The molecule has 4 rings (SSSR count). The van der Waals surface area contributed by atoms with Crippen LogP contribution < -0.4 is 5.32 Å². The second kappa shape index (κ2) is 8.81. The van der Waals surface area contributed by atoms with Gasteiger partial charge in [0.25, 0.3) is 17.7 Å². The number of alkyl halides is 2. The molecule has 1 aliphatic rings. The summed E-state index contributed by atoms with van der Waals surface area (Å²) in [5.74, 6) is -3.91. The molecule has 32 heavy (non-hydrogen) atoms. The fourth-order valence-electron chi connectivity index (χ4n) is 3.72. The quantitative estimate of drug-likeness (QED) is 0.636. The van der Waals surface area contributed by atoms with Gasteiger partial charge in [0.15, 0.2) is 5.69 Å². The Labute approximate surface area is 183 Å². The smallest absolute Gasteiger partial charge is 0.273 e. The van der Waals surface area contributed by atoms with Crippen molar-refractivity contribution in [3.63, 3.8) is 0 Å². The van der Waals surface area contributed by atoms with Crippen LogP contribution in [-0.2, 0) is 13.1 Å². The van der Waals surface area contributed by atoms with Gasteiger partial charge in [-0.1, -0.05) is 35.5 Å². The Morgan fingerprint density at radius 2 is 2.00 bits per heavy atom. The number of carbonyl (C=O) groups excluding carboxylic acids is 2. The zero-order valence-corrected chi connectivity index (χ0v) is 17.4. The first-order chi connectivity index (χ1) is 15.3. The number of carbonyl (C=O) groups is 2. The Hall–Kier alpha value is -3.69. The molecule has 0 radical (unpaired) electrons. The van der Waals surface area contributed by atoms with Gasteiger partial charge in [0, 0.05) is 30.4 Å². The number of nitrogens with zero attached hydrogens (tertiary/aromatic N) is 5. The topological polar surface area (TPSA) is 93.0 Å². The zero-order chi connectivity index (χ0) is 22.7. The molecule has 0 spiro atoms. The van der Waals surface area contributed by atoms with Crippen LogP contribution in [0, 0.1) is 6.92 Å². The van der Waals surface area contributed by atoms with E-state index in [1.54, 1.807) is 13.0 Å². The molecule has 1 aliphatic heterocycles. The minimum Gasteiger partial charge on any atom is -0.347 e. The molecule has 0 aliphatic carbocycles. The largest absolute Gasteiger partial charge is 0.347 e. The summed E-state index contributed by atoms with van der Waals surface area (Å²) in [7, 11) is 0. The molecule has 3 aromatic rings. The number of aromatic nitrogens is 4. The highest BCUT2D eigenvalue weighted by Gasteiger charge is 2.47. The van der Waals surface area contributed by atoms with Crippen LogP contribution in [0.3, 0.4) is 0 Å². The van der Waals surface area contributed by atoms with Crippen LogP contribution in [0.4, 0.5) is 8.78 Å². The van der Waals surface area contributed by atoms with E-state index in [9.17, 15) is 18.4 Å². The molecule has 0 bridgehead atoms. The SMILES string of the molecule is Cc1cc(C(=O)N2CC(F)(F)CC2Cn2cc(C(=O)NCc3ccccc3)nn2)ccn1. The third-order valence-electron chi connectivity index (χ3n) is 5.25. The van der Waals surface area contributed by atoms with E-state index in [0.29, 0.717) is 17.8 Å².